The van der Waals surface area contributed by atoms with Crippen LogP contribution in [0, 0.1) is 23.7 Å². The zero-order valence-corrected chi connectivity index (χ0v) is 9.92. The van der Waals surface area contributed by atoms with E-state index in [2.05, 4.69) is 26.1 Å². The number of fused-ring (bicyclic) bond motifs is 2. The van der Waals surface area contributed by atoms with Gasteiger partial charge in [0.25, 0.3) is 0 Å². The summed E-state index contributed by atoms with van der Waals surface area (Å²) < 4.78 is 0. The number of nitrogens with one attached hydrogen (secondary N) is 1. The van der Waals surface area contributed by atoms with Crippen LogP contribution >= 0.6 is 0 Å². The summed E-state index contributed by atoms with van der Waals surface area (Å²) in [6, 6.07) is 0.757. The van der Waals surface area contributed by atoms with Gasteiger partial charge in [0.15, 0.2) is 0 Å². The maximum absolute atomic E-state index is 3.71. The summed E-state index contributed by atoms with van der Waals surface area (Å²) in [7, 11) is 0. The normalized spacial score (nSPS) is 38.1. The first-order valence-electron chi connectivity index (χ1n) is 6.40. The SMILES string of the molecule is CC(C)CNC(C)C1CC2CCC1C2. The minimum Gasteiger partial charge on any atom is -0.314 e. The molecule has 2 aliphatic carbocycles. The summed E-state index contributed by atoms with van der Waals surface area (Å²) >= 11 is 0. The smallest absolute Gasteiger partial charge is 0.00698 e. The van der Waals surface area contributed by atoms with Crippen molar-refractivity contribution in [2.75, 3.05) is 6.54 Å². The lowest BCUT2D eigenvalue weighted by Crippen LogP contribution is -2.38. The molecule has 0 aromatic rings. The van der Waals surface area contributed by atoms with Crippen LogP contribution in [0.15, 0.2) is 0 Å². The maximum atomic E-state index is 3.71. The number of hydrogen-bond donors (Lipinski definition) is 1. The van der Waals surface area contributed by atoms with E-state index in [0.29, 0.717) is 0 Å². The molecule has 0 heterocycles. The van der Waals surface area contributed by atoms with E-state index < -0.39 is 0 Å². The second kappa shape index (κ2) is 4.22. The molecule has 0 aromatic heterocycles. The number of hydrogen-bond acceptors (Lipinski definition) is 1. The van der Waals surface area contributed by atoms with Crippen molar-refractivity contribution < 1.29 is 0 Å². The molecule has 82 valence electrons. The van der Waals surface area contributed by atoms with Crippen molar-refractivity contribution in [1.82, 2.24) is 5.32 Å². The fourth-order valence-electron chi connectivity index (χ4n) is 3.48. The first-order chi connectivity index (χ1) is 6.66. The summed E-state index contributed by atoms with van der Waals surface area (Å²) in [6.45, 7) is 8.17. The van der Waals surface area contributed by atoms with Crippen molar-refractivity contribution in [1.29, 1.82) is 0 Å². The van der Waals surface area contributed by atoms with Crippen LogP contribution in [0.1, 0.15) is 46.5 Å². The molecule has 0 radical (unpaired) electrons. The molecule has 2 fully saturated rings. The van der Waals surface area contributed by atoms with E-state index >= 15 is 0 Å². The lowest BCUT2D eigenvalue weighted by Gasteiger charge is -2.29. The third-order valence-corrected chi connectivity index (χ3v) is 4.28. The monoisotopic (exact) mass is 195 g/mol. The van der Waals surface area contributed by atoms with E-state index in [9.17, 15) is 0 Å². The summed E-state index contributed by atoms with van der Waals surface area (Å²) in [5.41, 5.74) is 0. The van der Waals surface area contributed by atoms with Crippen LogP contribution in [0.2, 0.25) is 0 Å². The number of rotatable bonds is 4. The van der Waals surface area contributed by atoms with Gasteiger partial charge in [-0.1, -0.05) is 20.3 Å². The Kier molecular flexibility index (Phi) is 3.16. The fraction of sp³-hybridized carbons (Fsp3) is 1.00. The second-order valence-corrected chi connectivity index (χ2v) is 5.93. The molecule has 0 aromatic carbocycles. The first-order valence-corrected chi connectivity index (χ1v) is 6.40. The molecule has 1 nitrogen and oxygen atoms in total. The Morgan fingerprint density at radius 1 is 1.14 bits per heavy atom. The van der Waals surface area contributed by atoms with Gasteiger partial charge < -0.3 is 5.32 Å². The van der Waals surface area contributed by atoms with Crippen LogP contribution < -0.4 is 5.32 Å². The van der Waals surface area contributed by atoms with Gasteiger partial charge in [-0.2, -0.15) is 0 Å². The first kappa shape index (κ1) is 10.5. The van der Waals surface area contributed by atoms with Gasteiger partial charge in [-0.15, -0.1) is 0 Å². The molecule has 0 amide bonds. The minimum absolute atomic E-state index is 0.757. The summed E-state index contributed by atoms with van der Waals surface area (Å²) in [4.78, 5) is 0. The van der Waals surface area contributed by atoms with Crippen LogP contribution in [0.4, 0.5) is 0 Å². The molecule has 0 saturated heterocycles. The Balaban J connectivity index is 1.78. The maximum Gasteiger partial charge on any atom is 0.00698 e. The zero-order valence-electron chi connectivity index (χ0n) is 9.92. The highest BCUT2D eigenvalue weighted by Gasteiger charge is 2.41. The van der Waals surface area contributed by atoms with E-state index in [-0.39, 0.29) is 0 Å². The van der Waals surface area contributed by atoms with Gasteiger partial charge in [-0.05, 0) is 56.4 Å². The Morgan fingerprint density at radius 2 is 1.93 bits per heavy atom. The molecule has 1 heteroatoms. The molecule has 2 aliphatic rings. The predicted molar refractivity (Wildman–Crippen MR) is 61.2 cm³/mol. The topological polar surface area (TPSA) is 12.0 Å². The third-order valence-electron chi connectivity index (χ3n) is 4.28. The lowest BCUT2D eigenvalue weighted by atomic mass is 9.84. The quantitative estimate of drug-likeness (QED) is 0.727. The summed E-state index contributed by atoms with van der Waals surface area (Å²) in [5.74, 6) is 3.94. The van der Waals surface area contributed by atoms with Crippen molar-refractivity contribution in [3.05, 3.63) is 0 Å². The summed E-state index contributed by atoms with van der Waals surface area (Å²) in [6.07, 6.45) is 6.09. The minimum atomic E-state index is 0.757. The predicted octanol–water partition coefficient (Wildman–Crippen LogP) is 3.06. The van der Waals surface area contributed by atoms with Crippen molar-refractivity contribution >= 4 is 0 Å². The zero-order chi connectivity index (χ0) is 10.1. The molecule has 4 unspecified atom stereocenters. The van der Waals surface area contributed by atoms with Crippen molar-refractivity contribution in [2.24, 2.45) is 23.7 Å². The molecule has 2 rings (SSSR count). The van der Waals surface area contributed by atoms with E-state index in [4.69, 9.17) is 0 Å². The highest BCUT2D eigenvalue weighted by atomic mass is 14.9. The average molecular weight is 195 g/mol. The molecule has 4 atom stereocenters. The van der Waals surface area contributed by atoms with E-state index in [1.165, 1.54) is 25.8 Å². The van der Waals surface area contributed by atoms with Crippen LogP contribution in [0.5, 0.6) is 0 Å². The van der Waals surface area contributed by atoms with Gasteiger partial charge in [0.1, 0.15) is 0 Å². The molecular formula is C13H25N. The Morgan fingerprint density at radius 3 is 2.43 bits per heavy atom. The molecule has 1 N–H and O–H groups in total. The largest absolute Gasteiger partial charge is 0.314 e. The third kappa shape index (κ3) is 2.13. The molecule has 0 spiro atoms. The van der Waals surface area contributed by atoms with Gasteiger partial charge in [0.2, 0.25) is 0 Å². The molecular weight excluding hydrogens is 170 g/mol. The van der Waals surface area contributed by atoms with Crippen molar-refractivity contribution in [3.63, 3.8) is 0 Å². The lowest BCUT2D eigenvalue weighted by molar-refractivity contribution is 0.255. The van der Waals surface area contributed by atoms with Gasteiger partial charge in [0.05, 0.1) is 0 Å². The van der Waals surface area contributed by atoms with Crippen LogP contribution in [-0.2, 0) is 0 Å². The van der Waals surface area contributed by atoms with Gasteiger partial charge in [0, 0.05) is 6.04 Å². The molecule has 14 heavy (non-hydrogen) atoms. The second-order valence-electron chi connectivity index (χ2n) is 5.93. The standard InChI is InChI=1S/C13H25N/c1-9(2)8-14-10(3)13-7-11-4-5-12(13)6-11/h9-14H,4-8H2,1-3H3. The molecule has 2 saturated carbocycles. The van der Waals surface area contributed by atoms with Crippen LogP contribution in [0.25, 0.3) is 0 Å². The highest BCUT2D eigenvalue weighted by molar-refractivity contribution is 4.93. The Bertz CT molecular complexity index is 188. The van der Waals surface area contributed by atoms with E-state index in [0.717, 1.165) is 29.7 Å². The van der Waals surface area contributed by atoms with Gasteiger partial charge in [-0.3, -0.25) is 0 Å². The molecule has 2 bridgehead atoms. The van der Waals surface area contributed by atoms with E-state index in [1.54, 1.807) is 6.42 Å². The van der Waals surface area contributed by atoms with Crippen LogP contribution in [0.3, 0.4) is 0 Å². The Labute approximate surface area is 88.7 Å². The van der Waals surface area contributed by atoms with Crippen molar-refractivity contribution in [3.8, 4) is 0 Å². The highest BCUT2D eigenvalue weighted by Crippen LogP contribution is 2.49. The van der Waals surface area contributed by atoms with Gasteiger partial charge >= 0.3 is 0 Å². The van der Waals surface area contributed by atoms with Crippen LogP contribution in [-0.4, -0.2) is 12.6 Å². The summed E-state index contributed by atoms with van der Waals surface area (Å²) in [5, 5.41) is 3.71. The molecule has 0 aliphatic heterocycles. The van der Waals surface area contributed by atoms with Crippen molar-refractivity contribution in [2.45, 2.75) is 52.5 Å². The Hall–Kier alpha value is -0.0400. The van der Waals surface area contributed by atoms with Gasteiger partial charge in [-0.25, -0.2) is 0 Å². The fourth-order valence-corrected chi connectivity index (χ4v) is 3.48. The van der Waals surface area contributed by atoms with E-state index in [1.807, 2.05) is 0 Å². The average Bonchev–Trinajstić information content (AvgIpc) is 2.74.